The minimum atomic E-state index is -0.552. The Bertz CT molecular complexity index is 1120. The van der Waals surface area contributed by atoms with E-state index in [4.69, 9.17) is 20.9 Å². The summed E-state index contributed by atoms with van der Waals surface area (Å²) in [6.07, 6.45) is 1.31. The highest BCUT2D eigenvalue weighted by atomic mass is 35.5. The van der Waals surface area contributed by atoms with Crippen LogP contribution in [0, 0.1) is 6.92 Å². The number of nitrogens with one attached hydrogen (secondary N) is 1. The van der Waals surface area contributed by atoms with Crippen molar-refractivity contribution in [3.8, 4) is 22.6 Å². The second kappa shape index (κ2) is 8.19. The summed E-state index contributed by atoms with van der Waals surface area (Å²) in [4.78, 5) is 4.43. The van der Waals surface area contributed by atoms with Gasteiger partial charge in [-0.05, 0) is 47.4 Å². The Kier molecular flexibility index (Phi) is 5.47. The first-order valence-electron chi connectivity index (χ1n) is 9.09. The zero-order valence-electron chi connectivity index (χ0n) is 16.0. The van der Waals surface area contributed by atoms with Crippen LogP contribution in [0.4, 0.5) is 4.39 Å². The zero-order chi connectivity index (χ0) is 20.4. The van der Waals surface area contributed by atoms with Crippen LogP contribution in [-0.2, 0) is 11.3 Å². The van der Waals surface area contributed by atoms with Crippen LogP contribution in [0.5, 0.6) is 0 Å². The number of benzene rings is 2. The zero-order valence-corrected chi connectivity index (χ0v) is 16.8. The molecule has 0 atom stereocenters. The van der Waals surface area contributed by atoms with E-state index in [-0.39, 0.29) is 5.16 Å². The maximum absolute atomic E-state index is 13.7. The van der Waals surface area contributed by atoms with Crippen LogP contribution in [0.15, 0.2) is 64.0 Å². The molecule has 0 fully saturated rings. The maximum Gasteiger partial charge on any atom is 0.258 e. The molecule has 1 N–H and O–H groups in total. The summed E-state index contributed by atoms with van der Waals surface area (Å²) in [7, 11) is 1.66. The number of aromatic nitrogens is 2. The number of nitrogens with zero attached hydrogens (tertiary/aromatic N) is 2. The monoisotopic (exact) mass is 411 g/mol. The number of methoxy groups -OCH3 is 1. The van der Waals surface area contributed by atoms with Gasteiger partial charge >= 0.3 is 0 Å². The normalized spacial score (nSPS) is 14.0. The summed E-state index contributed by atoms with van der Waals surface area (Å²) < 4.78 is 24.6. The Hall–Kier alpha value is -2.96. The van der Waals surface area contributed by atoms with Gasteiger partial charge in [0, 0.05) is 24.8 Å². The van der Waals surface area contributed by atoms with E-state index in [0.29, 0.717) is 30.4 Å². The van der Waals surface area contributed by atoms with E-state index in [9.17, 15) is 4.39 Å². The number of hydrogen-bond donors (Lipinski definition) is 1. The Morgan fingerprint density at radius 3 is 2.79 bits per heavy atom. The van der Waals surface area contributed by atoms with Crippen molar-refractivity contribution in [2.75, 3.05) is 13.7 Å². The van der Waals surface area contributed by atoms with Crippen LogP contribution >= 0.6 is 11.6 Å². The molecule has 0 unspecified atom stereocenters. The molecule has 148 valence electrons. The van der Waals surface area contributed by atoms with Crippen molar-refractivity contribution >= 4 is 17.2 Å². The largest absolute Gasteiger partial charge is 0.380 e. The number of hydrogen-bond acceptors (Lipinski definition) is 5. The number of halogens is 2. The van der Waals surface area contributed by atoms with Crippen molar-refractivity contribution < 1.29 is 13.7 Å². The average molecular weight is 412 g/mol. The van der Waals surface area contributed by atoms with E-state index in [1.807, 2.05) is 30.3 Å². The van der Waals surface area contributed by atoms with Crippen LogP contribution in [0.2, 0.25) is 0 Å². The van der Waals surface area contributed by atoms with Gasteiger partial charge in [-0.25, -0.2) is 4.39 Å². The third-order valence-corrected chi connectivity index (χ3v) is 5.06. The van der Waals surface area contributed by atoms with Crippen molar-refractivity contribution in [3.63, 3.8) is 0 Å². The van der Waals surface area contributed by atoms with Gasteiger partial charge in [-0.2, -0.15) is 4.98 Å². The number of allylic oxidation sites excluding steroid dienone is 2. The topological polar surface area (TPSA) is 60.2 Å². The summed E-state index contributed by atoms with van der Waals surface area (Å²) in [6, 6.07) is 14.1. The lowest BCUT2D eigenvalue weighted by Crippen LogP contribution is -2.18. The predicted octanol–water partition coefficient (Wildman–Crippen LogP) is 5.22. The van der Waals surface area contributed by atoms with Crippen LogP contribution in [0.3, 0.4) is 0 Å². The molecule has 0 bridgehead atoms. The number of dihydropyridines is 1. The fraction of sp³-hybridized carbons (Fsp3) is 0.182. The van der Waals surface area contributed by atoms with E-state index >= 15 is 0 Å². The average Bonchev–Trinajstić information content (AvgIpc) is 3.21. The van der Waals surface area contributed by atoms with Crippen LogP contribution in [-0.4, -0.2) is 23.8 Å². The second-order valence-corrected chi connectivity index (χ2v) is 7.11. The van der Waals surface area contributed by atoms with Crippen LogP contribution in [0.1, 0.15) is 17.0 Å². The minimum absolute atomic E-state index is 0.0199. The molecular formula is C22H19ClFN3O2. The molecule has 0 saturated heterocycles. The molecular weight excluding hydrogens is 393 g/mol. The third kappa shape index (κ3) is 3.95. The first-order chi connectivity index (χ1) is 14.1. The van der Waals surface area contributed by atoms with Gasteiger partial charge in [-0.15, -0.1) is 0 Å². The Labute approximate surface area is 172 Å². The van der Waals surface area contributed by atoms with E-state index in [1.165, 1.54) is 11.6 Å². The van der Waals surface area contributed by atoms with Crippen molar-refractivity contribution in [1.29, 1.82) is 0 Å². The van der Waals surface area contributed by atoms with Gasteiger partial charge in [0.05, 0.1) is 6.61 Å². The maximum atomic E-state index is 13.7. The van der Waals surface area contributed by atoms with E-state index < -0.39 is 5.83 Å². The Morgan fingerprint density at radius 1 is 1.21 bits per heavy atom. The summed E-state index contributed by atoms with van der Waals surface area (Å²) >= 11 is 5.72. The van der Waals surface area contributed by atoms with Gasteiger partial charge in [0.25, 0.3) is 5.89 Å². The van der Waals surface area contributed by atoms with Crippen molar-refractivity contribution in [3.05, 3.63) is 76.5 Å². The standard InChI is InChI=1S/C22H19ClFN3O2/c1-13-5-3-4-6-17(13)18-8-7-14(9-16(18)12-28-2)22-26-21(27-29-22)15-10-19(24)20(23)25-11-15/h3-10,25H,11-12H2,1-2H3. The SMILES string of the molecule is COCc1cc(-c2nc(C3=CC(F)=C(Cl)NC3)no2)ccc1-c1ccccc1C. The van der Waals surface area contributed by atoms with Crippen molar-refractivity contribution in [2.24, 2.45) is 0 Å². The fourth-order valence-electron chi connectivity index (χ4n) is 3.28. The van der Waals surface area contributed by atoms with Gasteiger partial charge in [0.2, 0.25) is 5.82 Å². The van der Waals surface area contributed by atoms with Gasteiger partial charge in [-0.3, -0.25) is 0 Å². The summed E-state index contributed by atoms with van der Waals surface area (Å²) in [5.41, 5.74) is 5.77. The van der Waals surface area contributed by atoms with Crippen LogP contribution in [0.25, 0.3) is 28.2 Å². The highest BCUT2D eigenvalue weighted by molar-refractivity contribution is 6.29. The highest BCUT2D eigenvalue weighted by Gasteiger charge is 2.19. The smallest absolute Gasteiger partial charge is 0.258 e. The third-order valence-electron chi connectivity index (χ3n) is 4.75. The molecule has 29 heavy (non-hydrogen) atoms. The van der Waals surface area contributed by atoms with Crippen molar-refractivity contribution in [1.82, 2.24) is 15.5 Å². The molecule has 2 heterocycles. The van der Waals surface area contributed by atoms with Gasteiger partial charge in [-0.1, -0.05) is 47.1 Å². The lowest BCUT2D eigenvalue weighted by molar-refractivity contribution is 0.185. The summed E-state index contributed by atoms with van der Waals surface area (Å²) in [5.74, 6) is 0.128. The number of ether oxygens (including phenoxy) is 1. The first-order valence-corrected chi connectivity index (χ1v) is 9.46. The minimum Gasteiger partial charge on any atom is -0.380 e. The van der Waals surface area contributed by atoms with Crippen LogP contribution < -0.4 is 5.32 Å². The summed E-state index contributed by atoms with van der Waals surface area (Å²) in [6.45, 7) is 2.85. The second-order valence-electron chi connectivity index (χ2n) is 6.73. The lowest BCUT2D eigenvalue weighted by atomic mass is 9.94. The Morgan fingerprint density at radius 2 is 2.03 bits per heavy atom. The molecule has 5 nitrogen and oxygen atoms in total. The van der Waals surface area contributed by atoms with Crippen molar-refractivity contribution in [2.45, 2.75) is 13.5 Å². The molecule has 0 saturated carbocycles. The molecule has 1 aliphatic heterocycles. The molecule has 3 aromatic rings. The van der Waals surface area contributed by atoms with E-state index in [2.05, 4.69) is 34.5 Å². The van der Waals surface area contributed by atoms with Gasteiger partial charge < -0.3 is 14.6 Å². The fourth-order valence-corrected chi connectivity index (χ4v) is 3.40. The lowest BCUT2D eigenvalue weighted by Gasteiger charge is -2.12. The molecule has 0 amide bonds. The molecule has 0 aliphatic carbocycles. The predicted molar refractivity (Wildman–Crippen MR) is 111 cm³/mol. The molecule has 1 aliphatic rings. The highest BCUT2D eigenvalue weighted by Crippen LogP contribution is 2.31. The van der Waals surface area contributed by atoms with E-state index in [0.717, 1.165) is 22.3 Å². The Balaban J connectivity index is 1.70. The first kappa shape index (κ1) is 19.4. The van der Waals surface area contributed by atoms with Gasteiger partial charge in [0.15, 0.2) is 5.83 Å². The molecule has 1 aromatic heterocycles. The molecule has 4 rings (SSSR count). The number of aryl methyl sites for hydroxylation is 1. The van der Waals surface area contributed by atoms with E-state index in [1.54, 1.807) is 7.11 Å². The van der Waals surface area contributed by atoms with Gasteiger partial charge in [0.1, 0.15) is 5.16 Å². The molecule has 2 aromatic carbocycles. The quantitative estimate of drug-likeness (QED) is 0.583. The molecule has 0 radical (unpaired) electrons. The number of rotatable bonds is 5. The molecule has 7 heteroatoms. The summed E-state index contributed by atoms with van der Waals surface area (Å²) in [5, 5.41) is 6.72. The molecule has 0 spiro atoms.